The SMILES string of the molecule is COCC(C)(C)c1nc(C)c(Br)c(Cl)n1. The van der Waals surface area contributed by atoms with Crippen LogP contribution in [0, 0.1) is 6.92 Å². The van der Waals surface area contributed by atoms with Crippen LogP contribution < -0.4 is 0 Å². The molecule has 5 heteroatoms. The fourth-order valence-electron chi connectivity index (χ4n) is 1.25. The number of halogens is 2. The Kier molecular flexibility index (Phi) is 4.09. The van der Waals surface area contributed by atoms with Crippen molar-refractivity contribution in [3.05, 3.63) is 21.1 Å². The van der Waals surface area contributed by atoms with Gasteiger partial charge in [0.2, 0.25) is 0 Å². The Labute approximate surface area is 103 Å². The highest BCUT2D eigenvalue weighted by Gasteiger charge is 2.25. The number of aromatic nitrogens is 2. The molecule has 3 nitrogen and oxygen atoms in total. The first-order valence-electron chi connectivity index (χ1n) is 4.57. The Morgan fingerprint density at radius 2 is 2.00 bits per heavy atom. The molecular formula is C10H14BrClN2O. The molecule has 1 aromatic rings. The fraction of sp³-hybridized carbons (Fsp3) is 0.600. The third-order valence-corrected chi connectivity index (χ3v) is 3.54. The second-order valence-electron chi connectivity index (χ2n) is 4.05. The summed E-state index contributed by atoms with van der Waals surface area (Å²) in [6, 6.07) is 0. The molecule has 0 aliphatic heterocycles. The first-order valence-corrected chi connectivity index (χ1v) is 5.74. The molecule has 1 rings (SSSR count). The Hall–Kier alpha value is -0.190. The summed E-state index contributed by atoms with van der Waals surface area (Å²) in [6.07, 6.45) is 0. The van der Waals surface area contributed by atoms with Gasteiger partial charge < -0.3 is 4.74 Å². The van der Waals surface area contributed by atoms with Gasteiger partial charge in [0.05, 0.1) is 16.8 Å². The van der Waals surface area contributed by atoms with Crippen molar-refractivity contribution in [3.8, 4) is 0 Å². The summed E-state index contributed by atoms with van der Waals surface area (Å²) >= 11 is 9.32. The average molecular weight is 294 g/mol. The molecule has 0 aliphatic carbocycles. The van der Waals surface area contributed by atoms with Crippen LogP contribution >= 0.6 is 27.5 Å². The molecule has 0 spiro atoms. The number of hydrogen-bond acceptors (Lipinski definition) is 3. The van der Waals surface area contributed by atoms with Crippen molar-refractivity contribution in [2.75, 3.05) is 13.7 Å². The molecule has 1 heterocycles. The molecule has 0 atom stereocenters. The molecule has 0 amide bonds. The molecule has 15 heavy (non-hydrogen) atoms. The lowest BCUT2D eigenvalue weighted by Crippen LogP contribution is -2.27. The van der Waals surface area contributed by atoms with E-state index in [1.165, 1.54) is 0 Å². The highest BCUT2D eigenvalue weighted by atomic mass is 79.9. The Morgan fingerprint density at radius 3 is 2.47 bits per heavy atom. The Bertz CT molecular complexity index is 345. The fourth-order valence-corrected chi connectivity index (χ4v) is 1.65. The molecule has 1 aromatic heterocycles. The van der Waals surface area contributed by atoms with Crippen molar-refractivity contribution in [2.24, 2.45) is 0 Å². The summed E-state index contributed by atoms with van der Waals surface area (Å²) in [5.41, 5.74) is 0.610. The Balaban J connectivity index is 3.16. The van der Waals surface area contributed by atoms with E-state index < -0.39 is 0 Å². The molecule has 0 aliphatic rings. The first-order chi connectivity index (χ1) is 6.88. The number of methoxy groups -OCH3 is 1. The number of rotatable bonds is 3. The maximum Gasteiger partial charge on any atom is 0.147 e. The van der Waals surface area contributed by atoms with Crippen LogP contribution in [0.15, 0.2) is 4.47 Å². The summed E-state index contributed by atoms with van der Waals surface area (Å²) in [4.78, 5) is 8.65. The van der Waals surface area contributed by atoms with Gasteiger partial charge in [0.25, 0.3) is 0 Å². The smallest absolute Gasteiger partial charge is 0.147 e. The third kappa shape index (κ3) is 2.89. The monoisotopic (exact) mass is 292 g/mol. The minimum absolute atomic E-state index is 0.232. The van der Waals surface area contributed by atoms with Crippen molar-refractivity contribution < 1.29 is 4.74 Å². The Morgan fingerprint density at radius 1 is 1.40 bits per heavy atom. The largest absolute Gasteiger partial charge is 0.384 e. The molecule has 0 aromatic carbocycles. The minimum atomic E-state index is -0.232. The van der Waals surface area contributed by atoms with Gasteiger partial charge in [-0.25, -0.2) is 9.97 Å². The number of nitrogens with zero attached hydrogens (tertiary/aromatic N) is 2. The van der Waals surface area contributed by atoms with Crippen molar-refractivity contribution in [2.45, 2.75) is 26.2 Å². The van der Waals surface area contributed by atoms with Gasteiger partial charge in [0.15, 0.2) is 0 Å². The molecule has 0 unspecified atom stereocenters. The molecule has 0 N–H and O–H groups in total. The average Bonchev–Trinajstić information content (AvgIpc) is 2.13. The highest BCUT2D eigenvalue weighted by Crippen LogP contribution is 2.27. The summed E-state index contributed by atoms with van der Waals surface area (Å²) in [5.74, 6) is 0.704. The zero-order chi connectivity index (χ0) is 11.6. The molecular weight excluding hydrogens is 279 g/mol. The van der Waals surface area contributed by atoms with E-state index in [2.05, 4.69) is 25.9 Å². The standard InChI is InChI=1S/C10H14BrClN2O/c1-6-7(11)8(12)14-9(13-6)10(2,3)5-15-4/h5H2,1-4H3. The lowest BCUT2D eigenvalue weighted by atomic mass is 9.93. The minimum Gasteiger partial charge on any atom is -0.384 e. The van der Waals surface area contributed by atoms with E-state index in [1.807, 2.05) is 20.8 Å². The quantitative estimate of drug-likeness (QED) is 0.803. The van der Waals surface area contributed by atoms with Gasteiger partial charge in [-0.05, 0) is 22.9 Å². The van der Waals surface area contributed by atoms with Crippen LogP contribution in [0.5, 0.6) is 0 Å². The summed E-state index contributed by atoms with van der Waals surface area (Å²) in [7, 11) is 1.66. The van der Waals surface area contributed by atoms with Crippen molar-refractivity contribution in [3.63, 3.8) is 0 Å². The van der Waals surface area contributed by atoms with Gasteiger partial charge in [-0.2, -0.15) is 0 Å². The molecule has 0 fully saturated rings. The lowest BCUT2D eigenvalue weighted by Gasteiger charge is -2.22. The van der Waals surface area contributed by atoms with Gasteiger partial charge in [0.1, 0.15) is 11.0 Å². The lowest BCUT2D eigenvalue weighted by molar-refractivity contribution is 0.142. The van der Waals surface area contributed by atoms with E-state index in [1.54, 1.807) is 7.11 Å². The third-order valence-electron chi connectivity index (χ3n) is 2.09. The first kappa shape index (κ1) is 12.9. The van der Waals surface area contributed by atoms with E-state index in [0.29, 0.717) is 17.6 Å². The van der Waals surface area contributed by atoms with Crippen molar-refractivity contribution >= 4 is 27.5 Å². The summed E-state index contributed by atoms with van der Waals surface area (Å²) in [5, 5.41) is 0.446. The summed E-state index contributed by atoms with van der Waals surface area (Å²) < 4.78 is 5.89. The normalized spacial score (nSPS) is 11.9. The predicted octanol–water partition coefficient (Wildman–Crippen LogP) is 3.12. The number of aryl methyl sites for hydroxylation is 1. The van der Waals surface area contributed by atoms with Crippen LogP contribution in [0.3, 0.4) is 0 Å². The van der Waals surface area contributed by atoms with E-state index in [9.17, 15) is 0 Å². The molecule has 0 saturated carbocycles. The molecule has 0 bridgehead atoms. The summed E-state index contributed by atoms with van der Waals surface area (Å²) in [6.45, 7) is 6.50. The van der Waals surface area contributed by atoms with Gasteiger partial charge >= 0.3 is 0 Å². The highest BCUT2D eigenvalue weighted by molar-refractivity contribution is 9.10. The van der Waals surface area contributed by atoms with Crippen LogP contribution in [0.1, 0.15) is 25.4 Å². The van der Waals surface area contributed by atoms with E-state index in [0.717, 1.165) is 10.2 Å². The van der Waals surface area contributed by atoms with Crippen LogP contribution in [-0.4, -0.2) is 23.7 Å². The zero-order valence-electron chi connectivity index (χ0n) is 9.27. The van der Waals surface area contributed by atoms with Crippen molar-refractivity contribution in [1.29, 1.82) is 0 Å². The zero-order valence-corrected chi connectivity index (χ0v) is 11.6. The van der Waals surface area contributed by atoms with Gasteiger partial charge in [-0.15, -0.1) is 0 Å². The van der Waals surface area contributed by atoms with Crippen LogP contribution in [-0.2, 0) is 10.2 Å². The topological polar surface area (TPSA) is 35.0 Å². The second-order valence-corrected chi connectivity index (χ2v) is 5.21. The predicted molar refractivity (Wildman–Crippen MR) is 64.4 cm³/mol. The molecule has 84 valence electrons. The molecule has 0 saturated heterocycles. The van der Waals surface area contributed by atoms with Gasteiger partial charge in [0, 0.05) is 12.5 Å². The van der Waals surface area contributed by atoms with E-state index in [4.69, 9.17) is 16.3 Å². The van der Waals surface area contributed by atoms with Crippen LogP contribution in [0.25, 0.3) is 0 Å². The van der Waals surface area contributed by atoms with Crippen LogP contribution in [0.4, 0.5) is 0 Å². The second kappa shape index (κ2) is 4.76. The van der Waals surface area contributed by atoms with Crippen LogP contribution in [0.2, 0.25) is 5.15 Å². The maximum atomic E-state index is 5.99. The van der Waals surface area contributed by atoms with E-state index in [-0.39, 0.29) is 5.41 Å². The maximum absolute atomic E-state index is 5.99. The van der Waals surface area contributed by atoms with Gasteiger partial charge in [-0.3, -0.25) is 0 Å². The van der Waals surface area contributed by atoms with E-state index >= 15 is 0 Å². The molecule has 0 radical (unpaired) electrons. The number of hydrogen-bond donors (Lipinski definition) is 0. The van der Waals surface area contributed by atoms with Crippen molar-refractivity contribution in [1.82, 2.24) is 9.97 Å². The van der Waals surface area contributed by atoms with Gasteiger partial charge in [-0.1, -0.05) is 25.4 Å². The number of ether oxygens (including phenoxy) is 1.